The molecule has 0 fully saturated rings. The molecule has 0 aliphatic rings. The molecular formula is C11H25NSi. The summed E-state index contributed by atoms with van der Waals surface area (Å²) in [5.74, 6) is 1.54. The van der Waals surface area contributed by atoms with Gasteiger partial charge in [0, 0.05) is 0 Å². The quantitative estimate of drug-likeness (QED) is 0.595. The fourth-order valence-corrected chi connectivity index (χ4v) is 3.30. The van der Waals surface area contributed by atoms with Crippen molar-refractivity contribution in [2.75, 3.05) is 13.1 Å². The Balaban J connectivity index is 4.09. The van der Waals surface area contributed by atoms with E-state index in [1.165, 1.54) is 13.1 Å². The van der Waals surface area contributed by atoms with Crippen molar-refractivity contribution in [3.8, 4) is 0 Å². The topological polar surface area (TPSA) is 3.24 Å². The van der Waals surface area contributed by atoms with Crippen LogP contribution in [0.5, 0.6) is 0 Å². The first kappa shape index (κ1) is 12.9. The molecule has 0 heterocycles. The minimum Gasteiger partial charge on any atom is -0.322 e. The predicted octanol–water partition coefficient (Wildman–Crippen LogP) is 2.68. The minimum atomic E-state index is -0.811. The molecule has 1 atom stereocenters. The van der Waals surface area contributed by atoms with Crippen LogP contribution in [0.1, 0.15) is 27.7 Å². The van der Waals surface area contributed by atoms with Gasteiger partial charge >= 0.3 is 0 Å². The zero-order valence-corrected chi connectivity index (χ0v) is 11.0. The van der Waals surface area contributed by atoms with Crippen molar-refractivity contribution in [1.29, 1.82) is 0 Å². The molecule has 78 valence electrons. The van der Waals surface area contributed by atoms with Crippen molar-refractivity contribution in [3.05, 3.63) is 12.3 Å². The third kappa shape index (κ3) is 6.05. The van der Waals surface area contributed by atoms with Gasteiger partial charge < -0.3 is 4.57 Å². The Bertz CT molecular complexity index is 133. The molecule has 2 heteroatoms. The summed E-state index contributed by atoms with van der Waals surface area (Å²) in [5, 5.41) is 0. The zero-order chi connectivity index (χ0) is 10.4. The molecule has 0 N–H and O–H groups in total. The van der Waals surface area contributed by atoms with Gasteiger partial charge in [0.2, 0.25) is 0 Å². The average Bonchev–Trinajstić information content (AvgIpc) is 2.00. The SMILES string of the molecule is C=C[SiH](C)N(CC(C)C)CC(C)C. The van der Waals surface area contributed by atoms with Crippen LogP contribution in [0.25, 0.3) is 0 Å². The lowest BCUT2D eigenvalue weighted by atomic mass is 10.2. The molecule has 0 aliphatic heterocycles. The summed E-state index contributed by atoms with van der Waals surface area (Å²) in [7, 11) is -0.811. The molecule has 0 amide bonds. The van der Waals surface area contributed by atoms with Crippen molar-refractivity contribution in [2.24, 2.45) is 11.8 Å². The lowest BCUT2D eigenvalue weighted by Gasteiger charge is -2.29. The summed E-state index contributed by atoms with van der Waals surface area (Å²) in [5.41, 5.74) is 2.17. The van der Waals surface area contributed by atoms with Crippen LogP contribution >= 0.6 is 0 Å². The Hall–Kier alpha value is -0.0831. The van der Waals surface area contributed by atoms with E-state index in [1.54, 1.807) is 0 Å². The van der Waals surface area contributed by atoms with Gasteiger partial charge in [0.1, 0.15) is 8.96 Å². The first-order valence-electron chi connectivity index (χ1n) is 5.34. The van der Waals surface area contributed by atoms with Gasteiger partial charge in [-0.25, -0.2) is 0 Å². The van der Waals surface area contributed by atoms with Crippen molar-refractivity contribution >= 4 is 8.96 Å². The smallest absolute Gasteiger partial charge is 0.132 e. The van der Waals surface area contributed by atoms with Crippen LogP contribution < -0.4 is 0 Å². The van der Waals surface area contributed by atoms with Gasteiger partial charge in [-0.05, 0) is 24.9 Å². The van der Waals surface area contributed by atoms with E-state index >= 15 is 0 Å². The highest BCUT2D eigenvalue weighted by atomic mass is 28.3. The Labute approximate surface area is 85.5 Å². The first-order chi connectivity index (χ1) is 5.97. The maximum Gasteiger partial charge on any atom is 0.132 e. The van der Waals surface area contributed by atoms with E-state index in [1.807, 2.05) is 0 Å². The molecular weight excluding hydrogens is 174 g/mol. The molecule has 0 aromatic carbocycles. The maximum atomic E-state index is 3.92. The number of hydrogen-bond acceptors (Lipinski definition) is 1. The summed E-state index contributed by atoms with van der Waals surface area (Å²) >= 11 is 0. The predicted molar refractivity (Wildman–Crippen MR) is 64.5 cm³/mol. The van der Waals surface area contributed by atoms with E-state index in [2.05, 4.69) is 51.1 Å². The van der Waals surface area contributed by atoms with Crippen LogP contribution in [0.4, 0.5) is 0 Å². The van der Waals surface area contributed by atoms with Crippen LogP contribution in [0.2, 0.25) is 6.55 Å². The molecule has 1 nitrogen and oxygen atoms in total. The van der Waals surface area contributed by atoms with Crippen LogP contribution in [-0.2, 0) is 0 Å². The first-order valence-corrected chi connectivity index (χ1v) is 7.67. The Morgan fingerprint density at radius 1 is 1.15 bits per heavy atom. The fraction of sp³-hybridized carbons (Fsp3) is 0.818. The summed E-state index contributed by atoms with van der Waals surface area (Å²) < 4.78 is 2.64. The highest BCUT2D eigenvalue weighted by Gasteiger charge is 2.14. The molecule has 0 spiro atoms. The third-order valence-electron chi connectivity index (χ3n) is 2.12. The molecule has 0 saturated heterocycles. The molecule has 0 aliphatic carbocycles. The van der Waals surface area contributed by atoms with E-state index in [4.69, 9.17) is 0 Å². The average molecular weight is 199 g/mol. The van der Waals surface area contributed by atoms with E-state index < -0.39 is 8.96 Å². The monoisotopic (exact) mass is 199 g/mol. The van der Waals surface area contributed by atoms with Crippen LogP contribution in [0.15, 0.2) is 12.3 Å². The highest BCUT2D eigenvalue weighted by molar-refractivity contribution is 6.59. The second-order valence-electron chi connectivity index (χ2n) is 4.72. The summed E-state index contributed by atoms with van der Waals surface area (Å²) in [6.07, 6.45) is 0. The summed E-state index contributed by atoms with van der Waals surface area (Å²) in [6, 6.07) is 0. The standard InChI is InChI=1S/C11H25NSi/c1-7-13(6)12(8-10(2)3)9-11(4)5/h7,10-11,13H,1,8-9H2,2-6H3. The van der Waals surface area contributed by atoms with Gasteiger partial charge in [-0.2, -0.15) is 0 Å². The van der Waals surface area contributed by atoms with Gasteiger partial charge in [0.05, 0.1) is 0 Å². The molecule has 0 rings (SSSR count). The van der Waals surface area contributed by atoms with Crippen molar-refractivity contribution in [3.63, 3.8) is 0 Å². The third-order valence-corrected chi connectivity index (χ3v) is 4.37. The Morgan fingerprint density at radius 3 is 1.77 bits per heavy atom. The molecule has 0 bridgehead atoms. The van der Waals surface area contributed by atoms with E-state index in [0.717, 1.165) is 11.8 Å². The molecule has 0 radical (unpaired) electrons. The normalized spacial score (nSPS) is 14.2. The Kier molecular flexibility index (Phi) is 6.34. The fourth-order valence-electron chi connectivity index (χ4n) is 1.49. The number of nitrogens with zero attached hydrogens (tertiary/aromatic N) is 1. The molecule has 0 aromatic heterocycles. The number of rotatable bonds is 6. The zero-order valence-electron chi connectivity index (χ0n) is 9.88. The highest BCUT2D eigenvalue weighted by Crippen LogP contribution is 2.06. The van der Waals surface area contributed by atoms with Gasteiger partial charge in [0.25, 0.3) is 0 Å². The largest absolute Gasteiger partial charge is 0.322 e. The summed E-state index contributed by atoms with van der Waals surface area (Å²) in [6.45, 7) is 17.9. The molecule has 1 unspecified atom stereocenters. The van der Waals surface area contributed by atoms with Gasteiger partial charge in [-0.3, -0.25) is 0 Å². The lowest BCUT2D eigenvalue weighted by molar-refractivity contribution is 0.341. The molecule has 0 aromatic rings. The minimum absolute atomic E-state index is 0.772. The van der Waals surface area contributed by atoms with Crippen LogP contribution in [0.3, 0.4) is 0 Å². The molecule has 0 saturated carbocycles. The van der Waals surface area contributed by atoms with Crippen molar-refractivity contribution in [2.45, 2.75) is 34.2 Å². The van der Waals surface area contributed by atoms with E-state index in [9.17, 15) is 0 Å². The van der Waals surface area contributed by atoms with Crippen LogP contribution in [-0.4, -0.2) is 26.6 Å². The van der Waals surface area contributed by atoms with Crippen molar-refractivity contribution in [1.82, 2.24) is 4.57 Å². The van der Waals surface area contributed by atoms with Gasteiger partial charge in [-0.15, -0.1) is 6.58 Å². The maximum absolute atomic E-state index is 3.92. The molecule has 13 heavy (non-hydrogen) atoms. The van der Waals surface area contributed by atoms with Crippen molar-refractivity contribution < 1.29 is 0 Å². The Morgan fingerprint density at radius 2 is 1.54 bits per heavy atom. The van der Waals surface area contributed by atoms with Gasteiger partial charge in [-0.1, -0.05) is 39.9 Å². The second kappa shape index (κ2) is 6.38. The van der Waals surface area contributed by atoms with Gasteiger partial charge in [0.15, 0.2) is 0 Å². The second-order valence-corrected chi connectivity index (χ2v) is 7.40. The van der Waals surface area contributed by atoms with Crippen LogP contribution in [0, 0.1) is 11.8 Å². The summed E-state index contributed by atoms with van der Waals surface area (Å²) in [4.78, 5) is 0. The van der Waals surface area contributed by atoms with E-state index in [0.29, 0.717) is 0 Å². The van der Waals surface area contributed by atoms with E-state index in [-0.39, 0.29) is 0 Å². The lowest BCUT2D eigenvalue weighted by Crippen LogP contribution is -2.40. The number of hydrogen-bond donors (Lipinski definition) is 0.